The number of nitrogens with one attached hydrogen (secondary N) is 1. The standard InChI is InChI=1S/C11H13ClN2O3/c1-3-9(11(16)17)14-10(15)7-5-13-6(2)4-8(7)12/h4-5,9H,3H2,1-2H3,(H,14,15)(H,16,17). The van der Waals surface area contributed by atoms with Gasteiger partial charge in [-0.3, -0.25) is 9.78 Å². The average Bonchev–Trinajstić information content (AvgIpc) is 2.24. The first kappa shape index (κ1) is 13.4. The van der Waals surface area contributed by atoms with Gasteiger partial charge < -0.3 is 10.4 Å². The lowest BCUT2D eigenvalue weighted by molar-refractivity contribution is -0.139. The summed E-state index contributed by atoms with van der Waals surface area (Å²) in [6.07, 6.45) is 1.64. The Morgan fingerprint density at radius 3 is 2.71 bits per heavy atom. The lowest BCUT2D eigenvalue weighted by Crippen LogP contribution is -2.40. The Morgan fingerprint density at radius 1 is 1.59 bits per heavy atom. The molecule has 0 aliphatic heterocycles. The largest absolute Gasteiger partial charge is 0.480 e. The average molecular weight is 257 g/mol. The van der Waals surface area contributed by atoms with E-state index in [1.807, 2.05) is 0 Å². The SMILES string of the molecule is CCC(NC(=O)c1cnc(C)cc1Cl)C(=O)O. The second-order valence-electron chi connectivity index (χ2n) is 3.58. The van der Waals surface area contributed by atoms with E-state index in [2.05, 4.69) is 10.3 Å². The van der Waals surface area contributed by atoms with Crippen molar-refractivity contribution in [1.82, 2.24) is 10.3 Å². The van der Waals surface area contributed by atoms with Crippen LogP contribution in [-0.2, 0) is 4.79 Å². The van der Waals surface area contributed by atoms with Gasteiger partial charge in [0.2, 0.25) is 0 Å². The molecule has 1 amide bonds. The first-order chi connectivity index (χ1) is 7.95. The van der Waals surface area contributed by atoms with Gasteiger partial charge in [-0.25, -0.2) is 4.79 Å². The number of carbonyl (C=O) groups excluding carboxylic acids is 1. The molecule has 0 aliphatic rings. The van der Waals surface area contributed by atoms with Crippen LogP contribution in [0.5, 0.6) is 0 Å². The highest BCUT2D eigenvalue weighted by molar-refractivity contribution is 6.33. The molecule has 1 rings (SSSR count). The fourth-order valence-electron chi connectivity index (χ4n) is 1.27. The maximum atomic E-state index is 11.8. The van der Waals surface area contributed by atoms with Crippen LogP contribution in [0.1, 0.15) is 29.4 Å². The minimum absolute atomic E-state index is 0.178. The highest BCUT2D eigenvalue weighted by atomic mass is 35.5. The Labute approximate surface area is 104 Å². The molecule has 1 aromatic heterocycles. The van der Waals surface area contributed by atoms with Crippen LogP contribution in [0.15, 0.2) is 12.3 Å². The van der Waals surface area contributed by atoms with Crippen molar-refractivity contribution in [2.75, 3.05) is 0 Å². The third kappa shape index (κ3) is 3.42. The topological polar surface area (TPSA) is 79.3 Å². The summed E-state index contributed by atoms with van der Waals surface area (Å²) in [5, 5.41) is 11.5. The van der Waals surface area contributed by atoms with Gasteiger partial charge in [-0.15, -0.1) is 0 Å². The van der Waals surface area contributed by atoms with E-state index in [0.717, 1.165) is 0 Å². The quantitative estimate of drug-likeness (QED) is 0.858. The molecule has 0 aromatic carbocycles. The second-order valence-corrected chi connectivity index (χ2v) is 3.99. The van der Waals surface area contributed by atoms with Gasteiger partial charge in [-0.05, 0) is 19.4 Å². The number of amides is 1. The van der Waals surface area contributed by atoms with Gasteiger partial charge in [-0.1, -0.05) is 18.5 Å². The second kappa shape index (κ2) is 5.63. The number of hydrogen-bond donors (Lipinski definition) is 2. The van der Waals surface area contributed by atoms with Crippen molar-refractivity contribution in [3.63, 3.8) is 0 Å². The number of carboxylic acid groups (broad SMARTS) is 1. The van der Waals surface area contributed by atoms with E-state index in [4.69, 9.17) is 16.7 Å². The van der Waals surface area contributed by atoms with Crippen molar-refractivity contribution in [1.29, 1.82) is 0 Å². The Kier molecular flexibility index (Phi) is 4.45. The van der Waals surface area contributed by atoms with Crippen molar-refractivity contribution in [2.45, 2.75) is 26.3 Å². The van der Waals surface area contributed by atoms with Crippen LogP contribution in [0.4, 0.5) is 0 Å². The Balaban J connectivity index is 2.86. The van der Waals surface area contributed by atoms with Crippen LogP contribution in [0, 0.1) is 6.92 Å². The monoisotopic (exact) mass is 256 g/mol. The predicted octanol–water partition coefficient (Wildman–Crippen LogP) is 1.64. The zero-order valence-corrected chi connectivity index (χ0v) is 10.3. The number of pyridine rings is 1. The highest BCUT2D eigenvalue weighted by Gasteiger charge is 2.20. The molecule has 1 heterocycles. The molecule has 1 unspecified atom stereocenters. The summed E-state index contributed by atoms with van der Waals surface area (Å²) in [7, 11) is 0. The van der Waals surface area contributed by atoms with Gasteiger partial charge >= 0.3 is 5.97 Å². The number of hydrogen-bond acceptors (Lipinski definition) is 3. The summed E-state index contributed by atoms with van der Waals surface area (Å²) >= 11 is 5.88. The number of aliphatic carboxylic acids is 1. The molecule has 92 valence electrons. The molecule has 0 bridgehead atoms. The number of halogens is 1. The van der Waals surface area contributed by atoms with Gasteiger partial charge in [0, 0.05) is 11.9 Å². The lowest BCUT2D eigenvalue weighted by atomic mass is 10.2. The van der Waals surface area contributed by atoms with Crippen LogP contribution in [0.3, 0.4) is 0 Å². The Bertz CT molecular complexity index is 448. The summed E-state index contributed by atoms with van der Waals surface area (Å²) in [6.45, 7) is 3.42. The predicted molar refractivity (Wildman–Crippen MR) is 63.2 cm³/mol. The zero-order valence-electron chi connectivity index (χ0n) is 9.53. The minimum atomic E-state index is -1.07. The van der Waals surface area contributed by atoms with E-state index in [1.165, 1.54) is 6.20 Å². The molecular weight excluding hydrogens is 244 g/mol. The van der Waals surface area contributed by atoms with Crippen molar-refractivity contribution in [2.24, 2.45) is 0 Å². The van der Waals surface area contributed by atoms with E-state index < -0.39 is 17.9 Å². The summed E-state index contributed by atoms with van der Waals surface area (Å²) in [5.74, 6) is -1.60. The molecule has 0 radical (unpaired) electrons. The molecule has 17 heavy (non-hydrogen) atoms. The van der Waals surface area contributed by atoms with E-state index >= 15 is 0 Å². The highest BCUT2D eigenvalue weighted by Crippen LogP contribution is 2.15. The van der Waals surface area contributed by atoms with Gasteiger partial charge in [-0.2, -0.15) is 0 Å². The maximum Gasteiger partial charge on any atom is 0.326 e. The van der Waals surface area contributed by atoms with Crippen LogP contribution in [0.25, 0.3) is 0 Å². The number of carboxylic acids is 1. The fourth-order valence-corrected chi connectivity index (χ4v) is 1.56. The molecule has 5 nitrogen and oxygen atoms in total. The van der Waals surface area contributed by atoms with Crippen LogP contribution in [0.2, 0.25) is 5.02 Å². The Morgan fingerprint density at radius 2 is 2.24 bits per heavy atom. The van der Waals surface area contributed by atoms with Gasteiger partial charge in [0.1, 0.15) is 6.04 Å². The maximum absolute atomic E-state index is 11.8. The van der Waals surface area contributed by atoms with Crippen LogP contribution >= 0.6 is 11.6 Å². The van der Waals surface area contributed by atoms with Gasteiger partial charge in [0.15, 0.2) is 0 Å². The number of aromatic nitrogens is 1. The van der Waals surface area contributed by atoms with Crippen LogP contribution in [-0.4, -0.2) is 28.0 Å². The summed E-state index contributed by atoms with van der Waals surface area (Å²) in [6, 6.07) is 0.637. The minimum Gasteiger partial charge on any atom is -0.480 e. The molecule has 0 saturated carbocycles. The van der Waals surface area contributed by atoms with Crippen molar-refractivity contribution in [3.8, 4) is 0 Å². The molecular formula is C11H13ClN2O3. The number of aryl methyl sites for hydroxylation is 1. The van der Waals surface area contributed by atoms with Gasteiger partial charge in [0.25, 0.3) is 5.91 Å². The fraction of sp³-hybridized carbons (Fsp3) is 0.364. The normalized spacial score (nSPS) is 11.9. The van der Waals surface area contributed by atoms with Gasteiger partial charge in [0.05, 0.1) is 10.6 Å². The molecule has 0 saturated heterocycles. The first-order valence-corrected chi connectivity index (χ1v) is 5.49. The van der Waals surface area contributed by atoms with Crippen molar-refractivity contribution in [3.05, 3.63) is 28.5 Å². The smallest absolute Gasteiger partial charge is 0.326 e. The summed E-state index contributed by atoms with van der Waals surface area (Å²) in [4.78, 5) is 26.5. The zero-order chi connectivity index (χ0) is 13.0. The number of nitrogens with zero attached hydrogens (tertiary/aromatic N) is 1. The lowest BCUT2D eigenvalue weighted by Gasteiger charge is -2.12. The van der Waals surface area contributed by atoms with Crippen molar-refractivity contribution >= 4 is 23.5 Å². The molecule has 0 spiro atoms. The van der Waals surface area contributed by atoms with E-state index in [0.29, 0.717) is 12.1 Å². The van der Waals surface area contributed by atoms with E-state index in [1.54, 1.807) is 19.9 Å². The van der Waals surface area contributed by atoms with Crippen LogP contribution < -0.4 is 5.32 Å². The first-order valence-electron chi connectivity index (χ1n) is 5.11. The molecule has 1 aromatic rings. The number of carbonyl (C=O) groups is 2. The molecule has 0 aliphatic carbocycles. The third-order valence-electron chi connectivity index (χ3n) is 2.25. The molecule has 6 heteroatoms. The van der Waals surface area contributed by atoms with E-state index in [9.17, 15) is 9.59 Å². The summed E-state index contributed by atoms with van der Waals surface area (Å²) in [5.41, 5.74) is 0.869. The molecule has 1 atom stereocenters. The summed E-state index contributed by atoms with van der Waals surface area (Å²) < 4.78 is 0. The van der Waals surface area contributed by atoms with Crippen molar-refractivity contribution < 1.29 is 14.7 Å². The van der Waals surface area contributed by atoms with E-state index in [-0.39, 0.29) is 10.6 Å². The number of rotatable bonds is 4. The molecule has 0 fully saturated rings. The third-order valence-corrected chi connectivity index (χ3v) is 2.56. The Hall–Kier alpha value is -1.62. The molecule has 2 N–H and O–H groups in total.